The van der Waals surface area contributed by atoms with E-state index in [1.807, 2.05) is 0 Å². The molecule has 0 bridgehead atoms. The summed E-state index contributed by atoms with van der Waals surface area (Å²) in [4.78, 5) is 12.3. The van der Waals surface area contributed by atoms with Crippen LogP contribution in [0.1, 0.15) is 12.8 Å². The fourth-order valence-corrected chi connectivity index (χ4v) is 5.97. The summed E-state index contributed by atoms with van der Waals surface area (Å²) in [6, 6.07) is 11.6. The molecule has 0 saturated carbocycles. The fraction of sp³-hybridized carbons (Fsp3) is 0.435. The van der Waals surface area contributed by atoms with Gasteiger partial charge in [-0.1, -0.05) is 12.1 Å². The molecule has 0 spiro atoms. The standard InChI is InChI=1S/C23H30FN3O7S2/c1-35(29,30)27(22-6-3-2-5-21(22)24)13-4-7-23(28)25-12-16-34-19-8-10-20(11-9-19)36(31,32)26-14-17-33-18-15-26/h2-3,5-6,8-11H,4,7,12-18H2,1H3,(H,25,28). The molecule has 0 radical (unpaired) electrons. The molecule has 1 aliphatic heterocycles. The number of ether oxygens (including phenoxy) is 2. The number of nitrogens with zero attached hydrogens (tertiary/aromatic N) is 2. The van der Waals surface area contributed by atoms with Crippen LogP contribution in [0.2, 0.25) is 0 Å². The van der Waals surface area contributed by atoms with Gasteiger partial charge in [-0.3, -0.25) is 9.10 Å². The van der Waals surface area contributed by atoms with Crippen molar-refractivity contribution in [2.24, 2.45) is 0 Å². The maximum absolute atomic E-state index is 14.0. The number of anilines is 1. The number of benzene rings is 2. The first-order valence-electron chi connectivity index (χ1n) is 11.4. The molecule has 0 aromatic heterocycles. The van der Waals surface area contributed by atoms with Crippen LogP contribution in [0, 0.1) is 5.82 Å². The van der Waals surface area contributed by atoms with Gasteiger partial charge in [0.1, 0.15) is 18.2 Å². The van der Waals surface area contributed by atoms with E-state index in [0.29, 0.717) is 32.1 Å². The molecule has 1 N–H and O–H groups in total. The highest BCUT2D eigenvalue weighted by Gasteiger charge is 2.26. The van der Waals surface area contributed by atoms with Gasteiger partial charge in [-0.15, -0.1) is 0 Å². The first kappa shape index (κ1) is 27.8. The van der Waals surface area contributed by atoms with Gasteiger partial charge in [-0.05, 0) is 42.8 Å². The quantitative estimate of drug-likeness (QED) is 0.404. The van der Waals surface area contributed by atoms with Crippen molar-refractivity contribution < 1.29 is 35.5 Å². The predicted molar refractivity (Wildman–Crippen MR) is 132 cm³/mol. The third kappa shape index (κ3) is 7.63. The second kappa shape index (κ2) is 12.5. The maximum atomic E-state index is 14.0. The molecule has 198 valence electrons. The Morgan fingerprint density at radius 3 is 2.39 bits per heavy atom. The van der Waals surface area contributed by atoms with Gasteiger partial charge >= 0.3 is 0 Å². The molecule has 1 heterocycles. The summed E-state index contributed by atoms with van der Waals surface area (Å²) in [6.45, 7) is 1.69. The van der Waals surface area contributed by atoms with Crippen molar-refractivity contribution >= 4 is 31.6 Å². The lowest BCUT2D eigenvalue weighted by Gasteiger charge is -2.26. The van der Waals surface area contributed by atoms with Crippen LogP contribution in [-0.2, 0) is 29.6 Å². The van der Waals surface area contributed by atoms with Crippen LogP contribution in [0.5, 0.6) is 5.75 Å². The molecule has 1 saturated heterocycles. The normalized spacial score (nSPS) is 14.8. The van der Waals surface area contributed by atoms with Gasteiger partial charge in [0.25, 0.3) is 0 Å². The van der Waals surface area contributed by atoms with Crippen LogP contribution in [0.15, 0.2) is 53.4 Å². The number of hydrogen-bond donors (Lipinski definition) is 1. The number of morpholine rings is 1. The number of para-hydroxylation sites is 1. The Morgan fingerprint density at radius 1 is 1.08 bits per heavy atom. The lowest BCUT2D eigenvalue weighted by molar-refractivity contribution is -0.121. The molecule has 13 heteroatoms. The van der Waals surface area contributed by atoms with E-state index in [0.717, 1.165) is 10.6 Å². The van der Waals surface area contributed by atoms with E-state index in [9.17, 15) is 26.0 Å². The molecule has 2 aromatic carbocycles. The summed E-state index contributed by atoms with van der Waals surface area (Å²) in [6.07, 6.45) is 1.24. The molecule has 2 aromatic rings. The summed E-state index contributed by atoms with van der Waals surface area (Å²) < 4.78 is 76.5. The van der Waals surface area contributed by atoms with Gasteiger partial charge in [0.15, 0.2) is 0 Å². The summed E-state index contributed by atoms with van der Waals surface area (Å²) in [5, 5.41) is 2.67. The van der Waals surface area contributed by atoms with Crippen LogP contribution in [-0.4, -0.2) is 79.3 Å². The molecule has 1 fully saturated rings. The van der Waals surface area contributed by atoms with Crippen molar-refractivity contribution in [3.63, 3.8) is 0 Å². The van der Waals surface area contributed by atoms with Gasteiger partial charge in [0.2, 0.25) is 26.0 Å². The molecule has 10 nitrogen and oxygen atoms in total. The number of rotatable bonds is 12. The first-order valence-corrected chi connectivity index (χ1v) is 14.7. The Kier molecular flexibility index (Phi) is 9.65. The van der Waals surface area contributed by atoms with Crippen molar-refractivity contribution in [2.45, 2.75) is 17.7 Å². The molecule has 0 unspecified atom stereocenters. The van der Waals surface area contributed by atoms with E-state index < -0.39 is 25.9 Å². The monoisotopic (exact) mass is 543 g/mol. The van der Waals surface area contributed by atoms with Gasteiger partial charge < -0.3 is 14.8 Å². The predicted octanol–water partition coefficient (Wildman–Crippen LogP) is 1.59. The Hall–Kier alpha value is -2.74. The number of sulfonamides is 2. The number of nitrogens with one attached hydrogen (secondary N) is 1. The second-order valence-corrected chi connectivity index (χ2v) is 11.9. The maximum Gasteiger partial charge on any atom is 0.243 e. The Morgan fingerprint density at radius 2 is 1.75 bits per heavy atom. The molecule has 36 heavy (non-hydrogen) atoms. The van der Waals surface area contributed by atoms with Crippen LogP contribution < -0.4 is 14.4 Å². The largest absolute Gasteiger partial charge is 0.492 e. The zero-order valence-corrected chi connectivity index (χ0v) is 21.6. The van der Waals surface area contributed by atoms with Crippen LogP contribution in [0.3, 0.4) is 0 Å². The zero-order chi connectivity index (χ0) is 26.2. The highest BCUT2D eigenvalue weighted by Crippen LogP contribution is 2.22. The lowest BCUT2D eigenvalue weighted by atomic mass is 10.2. The van der Waals surface area contributed by atoms with Gasteiger partial charge in [0.05, 0.1) is 36.6 Å². The van der Waals surface area contributed by atoms with Crippen LogP contribution >= 0.6 is 0 Å². The SMILES string of the molecule is CS(=O)(=O)N(CCCC(=O)NCCOc1ccc(S(=O)(=O)N2CCOCC2)cc1)c1ccccc1F. The topological polar surface area (TPSA) is 122 Å². The van der Waals surface area contributed by atoms with Crippen molar-refractivity contribution in [2.75, 3.05) is 56.6 Å². The number of halogens is 1. The Balaban J connectivity index is 1.40. The number of carbonyl (C=O) groups excluding carboxylic acids is 1. The fourth-order valence-electron chi connectivity index (χ4n) is 3.59. The molecular formula is C23H30FN3O7S2. The molecule has 0 aliphatic carbocycles. The van der Waals surface area contributed by atoms with E-state index in [-0.39, 0.29) is 49.0 Å². The minimum atomic E-state index is -3.71. The number of carbonyl (C=O) groups is 1. The van der Waals surface area contributed by atoms with E-state index >= 15 is 0 Å². The second-order valence-electron chi connectivity index (χ2n) is 8.08. The minimum Gasteiger partial charge on any atom is -0.492 e. The molecule has 1 aliphatic rings. The Bertz CT molecular complexity index is 1230. The van der Waals surface area contributed by atoms with E-state index in [2.05, 4.69) is 5.32 Å². The van der Waals surface area contributed by atoms with E-state index in [1.54, 1.807) is 18.2 Å². The van der Waals surface area contributed by atoms with Crippen molar-refractivity contribution in [1.29, 1.82) is 0 Å². The molecular weight excluding hydrogens is 513 g/mol. The smallest absolute Gasteiger partial charge is 0.243 e. The third-order valence-electron chi connectivity index (χ3n) is 5.41. The van der Waals surface area contributed by atoms with E-state index in [4.69, 9.17) is 9.47 Å². The molecule has 0 atom stereocenters. The Labute approximate surface area is 211 Å². The van der Waals surface area contributed by atoms with Crippen molar-refractivity contribution in [1.82, 2.24) is 9.62 Å². The third-order valence-corrected chi connectivity index (χ3v) is 8.50. The highest BCUT2D eigenvalue weighted by molar-refractivity contribution is 7.92. The average molecular weight is 544 g/mol. The van der Waals surface area contributed by atoms with Crippen LogP contribution in [0.25, 0.3) is 0 Å². The summed E-state index contributed by atoms with van der Waals surface area (Å²) in [7, 11) is -7.29. The van der Waals surface area contributed by atoms with Gasteiger partial charge in [-0.2, -0.15) is 4.31 Å². The summed E-state index contributed by atoms with van der Waals surface area (Å²) >= 11 is 0. The van der Waals surface area contributed by atoms with Gasteiger partial charge in [-0.25, -0.2) is 21.2 Å². The van der Waals surface area contributed by atoms with Crippen molar-refractivity contribution in [3.8, 4) is 5.75 Å². The highest BCUT2D eigenvalue weighted by atomic mass is 32.2. The number of amides is 1. The zero-order valence-electron chi connectivity index (χ0n) is 19.9. The average Bonchev–Trinajstić information content (AvgIpc) is 2.85. The lowest BCUT2D eigenvalue weighted by Crippen LogP contribution is -2.40. The van der Waals surface area contributed by atoms with Crippen LogP contribution in [0.4, 0.5) is 10.1 Å². The number of hydrogen-bond acceptors (Lipinski definition) is 7. The summed E-state index contributed by atoms with van der Waals surface area (Å²) in [5.41, 5.74) is -0.0578. The first-order chi connectivity index (χ1) is 17.1. The van der Waals surface area contributed by atoms with Crippen molar-refractivity contribution in [3.05, 3.63) is 54.3 Å². The summed E-state index contributed by atoms with van der Waals surface area (Å²) in [5.74, 6) is -0.498. The van der Waals surface area contributed by atoms with E-state index in [1.165, 1.54) is 34.6 Å². The minimum absolute atomic E-state index is 0.0383. The molecule has 3 rings (SSSR count). The molecule has 1 amide bonds. The van der Waals surface area contributed by atoms with Gasteiger partial charge in [0, 0.05) is 26.1 Å².